The Morgan fingerprint density at radius 3 is 2.33 bits per heavy atom. The first-order chi connectivity index (χ1) is 9.99. The molecule has 1 unspecified atom stereocenters. The van der Waals surface area contributed by atoms with Crippen molar-refractivity contribution in [2.24, 2.45) is 5.73 Å². The van der Waals surface area contributed by atoms with E-state index in [1.807, 2.05) is 18.2 Å². The van der Waals surface area contributed by atoms with Crippen LogP contribution in [0.4, 0.5) is 0 Å². The van der Waals surface area contributed by atoms with E-state index in [2.05, 4.69) is 18.7 Å². The zero-order chi connectivity index (χ0) is 15.5. The van der Waals surface area contributed by atoms with Crippen molar-refractivity contribution in [3.63, 3.8) is 0 Å². The fraction of sp³-hybridized carbons (Fsp3) is 0.625. The molecular weight excluding hydrogens is 268 g/mol. The Bertz CT molecular complexity index is 454. The van der Waals surface area contributed by atoms with Gasteiger partial charge in [-0.05, 0) is 31.5 Å². The lowest BCUT2D eigenvalue weighted by Gasteiger charge is -2.42. The lowest BCUT2D eigenvalue weighted by molar-refractivity contribution is -0.0967. The molecule has 1 fully saturated rings. The molecule has 0 amide bonds. The predicted molar refractivity (Wildman–Crippen MR) is 82.9 cm³/mol. The lowest BCUT2D eigenvalue weighted by atomic mass is 10.00. The third-order valence-electron chi connectivity index (χ3n) is 3.88. The Hall–Kier alpha value is -1.30. The van der Waals surface area contributed by atoms with Gasteiger partial charge in [-0.2, -0.15) is 0 Å². The minimum Gasteiger partial charge on any atom is -0.497 e. The summed E-state index contributed by atoms with van der Waals surface area (Å²) >= 11 is 0. The number of benzene rings is 1. The van der Waals surface area contributed by atoms with Gasteiger partial charge in [0, 0.05) is 31.7 Å². The van der Waals surface area contributed by atoms with E-state index in [4.69, 9.17) is 19.9 Å². The summed E-state index contributed by atoms with van der Waals surface area (Å²) in [7, 11) is 3.32. The number of hydrogen-bond donors (Lipinski definition) is 1. The number of nitrogens with zero attached hydrogens (tertiary/aromatic N) is 1. The first-order valence-corrected chi connectivity index (χ1v) is 7.30. The highest BCUT2D eigenvalue weighted by Gasteiger charge is 2.31. The predicted octanol–water partition coefficient (Wildman–Crippen LogP) is 1.81. The van der Waals surface area contributed by atoms with Crippen molar-refractivity contribution < 1.29 is 14.2 Å². The number of nitrogens with two attached hydrogens (primary N) is 1. The molecule has 0 radical (unpaired) electrons. The zero-order valence-electron chi connectivity index (χ0n) is 13.4. The quantitative estimate of drug-likeness (QED) is 0.897. The van der Waals surface area contributed by atoms with Crippen LogP contribution in [-0.4, -0.2) is 51.0 Å². The number of methoxy groups -OCH3 is 2. The Balaban J connectivity index is 2.28. The maximum Gasteiger partial charge on any atom is 0.122 e. The molecule has 1 aromatic carbocycles. The molecule has 0 saturated carbocycles. The van der Waals surface area contributed by atoms with Gasteiger partial charge in [-0.15, -0.1) is 0 Å². The molecule has 0 spiro atoms. The van der Waals surface area contributed by atoms with Gasteiger partial charge in [0.25, 0.3) is 0 Å². The van der Waals surface area contributed by atoms with Crippen LogP contribution in [0.1, 0.15) is 25.5 Å². The van der Waals surface area contributed by atoms with Crippen LogP contribution in [0.2, 0.25) is 0 Å². The van der Waals surface area contributed by atoms with Gasteiger partial charge >= 0.3 is 0 Å². The second kappa shape index (κ2) is 6.64. The second-order valence-corrected chi connectivity index (χ2v) is 5.98. The van der Waals surface area contributed by atoms with Gasteiger partial charge in [0.05, 0.1) is 26.4 Å². The van der Waals surface area contributed by atoms with Crippen molar-refractivity contribution in [1.82, 2.24) is 4.90 Å². The number of morpholine rings is 1. The van der Waals surface area contributed by atoms with Crippen LogP contribution in [0.25, 0.3) is 0 Å². The van der Waals surface area contributed by atoms with Crippen LogP contribution in [0.15, 0.2) is 18.2 Å². The van der Waals surface area contributed by atoms with E-state index in [9.17, 15) is 0 Å². The molecule has 2 rings (SSSR count). The Labute approximate surface area is 127 Å². The van der Waals surface area contributed by atoms with E-state index in [-0.39, 0.29) is 11.6 Å². The van der Waals surface area contributed by atoms with Crippen LogP contribution in [0.5, 0.6) is 11.5 Å². The molecule has 5 nitrogen and oxygen atoms in total. The monoisotopic (exact) mass is 294 g/mol. The molecule has 21 heavy (non-hydrogen) atoms. The average Bonchev–Trinajstić information content (AvgIpc) is 2.46. The zero-order valence-corrected chi connectivity index (χ0v) is 13.4. The Morgan fingerprint density at radius 1 is 1.24 bits per heavy atom. The van der Waals surface area contributed by atoms with E-state index in [1.54, 1.807) is 14.2 Å². The maximum absolute atomic E-state index is 6.04. The molecule has 0 bridgehead atoms. The summed E-state index contributed by atoms with van der Waals surface area (Å²) in [5, 5.41) is 0. The smallest absolute Gasteiger partial charge is 0.122 e. The molecule has 2 N–H and O–H groups in total. The highest BCUT2D eigenvalue weighted by atomic mass is 16.5. The van der Waals surface area contributed by atoms with Gasteiger partial charge in [-0.25, -0.2) is 0 Å². The topological polar surface area (TPSA) is 57.0 Å². The molecular formula is C16H26N2O3. The summed E-state index contributed by atoms with van der Waals surface area (Å²) < 4.78 is 16.5. The fourth-order valence-electron chi connectivity index (χ4n) is 2.84. The Kier molecular flexibility index (Phi) is 5.08. The van der Waals surface area contributed by atoms with E-state index in [1.165, 1.54) is 0 Å². The van der Waals surface area contributed by atoms with Crippen molar-refractivity contribution in [1.29, 1.82) is 0 Å². The van der Waals surface area contributed by atoms with Crippen molar-refractivity contribution in [3.05, 3.63) is 23.8 Å². The lowest BCUT2D eigenvalue weighted by Crippen LogP contribution is -2.50. The van der Waals surface area contributed by atoms with Gasteiger partial charge < -0.3 is 19.9 Å². The summed E-state index contributed by atoms with van der Waals surface area (Å²) in [6.07, 6.45) is 0. The van der Waals surface area contributed by atoms with E-state index >= 15 is 0 Å². The summed E-state index contributed by atoms with van der Waals surface area (Å²) in [6.45, 7) is 7.23. The fourth-order valence-corrected chi connectivity index (χ4v) is 2.84. The SMILES string of the molecule is COc1cc(OC)cc(C(CN)N2CCOC(C)(C)C2)c1. The van der Waals surface area contributed by atoms with Crippen molar-refractivity contribution in [2.45, 2.75) is 25.5 Å². The van der Waals surface area contributed by atoms with Gasteiger partial charge in [0.15, 0.2) is 0 Å². The minimum absolute atomic E-state index is 0.136. The first kappa shape index (κ1) is 16.1. The molecule has 1 saturated heterocycles. The summed E-state index contributed by atoms with van der Waals surface area (Å²) in [6, 6.07) is 6.07. The molecule has 0 aliphatic carbocycles. The summed E-state index contributed by atoms with van der Waals surface area (Å²) in [5.74, 6) is 1.57. The molecule has 1 aliphatic heterocycles. The van der Waals surface area contributed by atoms with Crippen LogP contribution >= 0.6 is 0 Å². The van der Waals surface area contributed by atoms with E-state index in [0.717, 1.165) is 36.8 Å². The maximum atomic E-state index is 6.04. The molecule has 118 valence electrons. The molecule has 1 aromatic rings. The third kappa shape index (κ3) is 3.87. The normalized spacial score (nSPS) is 20.0. The molecule has 1 atom stereocenters. The highest BCUT2D eigenvalue weighted by molar-refractivity contribution is 5.40. The molecule has 5 heteroatoms. The largest absolute Gasteiger partial charge is 0.497 e. The van der Waals surface area contributed by atoms with Gasteiger partial charge in [0.2, 0.25) is 0 Å². The first-order valence-electron chi connectivity index (χ1n) is 7.30. The van der Waals surface area contributed by atoms with Gasteiger partial charge in [0.1, 0.15) is 11.5 Å². The number of hydrogen-bond acceptors (Lipinski definition) is 5. The van der Waals surface area contributed by atoms with E-state index < -0.39 is 0 Å². The molecule has 1 heterocycles. The van der Waals surface area contributed by atoms with Gasteiger partial charge in [-0.3, -0.25) is 4.90 Å². The summed E-state index contributed by atoms with van der Waals surface area (Å²) in [5.41, 5.74) is 7.02. The van der Waals surface area contributed by atoms with Crippen molar-refractivity contribution in [2.75, 3.05) is 40.5 Å². The molecule has 1 aliphatic rings. The highest BCUT2D eigenvalue weighted by Crippen LogP contribution is 2.31. The van der Waals surface area contributed by atoms with Crippen LogP contribution in [0.3, 0.4) is 0 Å². The van der Waals surface area contributed by atoms with E-state index in [0.29, 0.717) is 6.54 Å². The van der Waals surface area contributed by atoms with Crippen LogP contribution in [-0.2, 0) is 4.74 Å². The summed E-state index contributed by atoms with van der Waals surface area (Å²) in [4.78, 5) is 2.37. The number of rotatable bonds is 5. The van der Waals surface area contributed by atoms with Crippen LogP contribution in [0, 0.1) is 0 Å². The average molecular weight is 294 g/mol. The Morgan fingerprint density at radius 2 is 1.86 bits per heavy atom. The second-order valence-electron chi connectivity index (χ2n) is 5.98. The number of ether oxygens (including phenoxy) is 3. The van der Waals surface area contributed by atoms with Gasteiger partial charge in [-0.1, -0.05) is 0 Å². The van der Waals surface area contributed by atoms with Crippen LogP contribution < -0.4 is 15.2 Å². The van der Waals surface area contributed by atoms with Crippen molar-refractivity contribution >= 4 is 0 Å². The minimum atomic E-state index is -0.144. The standard InChI is InChI=1S/C16H26N2O3/c1-16(2)11-18(5-6-21-16)15(10-17)12-7-13(19-3)9-14(8-12)20-4/h7-9,15H,5-6,10-11,17H2,1-4H3. The van der Waals surface area contributed by atoms with Crippen molar-refractivity contribution in [3.8, 4) is 11.5 Å². The molecule has 0 aromatic heterocycles. The third-order valence-corrected chi connectivity index (χ3v) is 3.88.